The molecule has 0 saturated carbocycles. The van der Waals surface area contributed by atoms with Crippen LogP contribution >= 0.6 is 24.8 Å². The van der Waals surface area contributed by atoms with Crippen molar-refractivity contribution < 1.29 is 27.9 Å². The number of rotatable bonds is 6. The number of amides is 1. The Morgan fingerprint density at radius 3 is 2.04 bits per heavy atom. The van der Waals surface area contributed by atoms with Gasteiger partial charge in [-0.25, -0.2) is 4.79 Å². The van der Waals surface area contributed by atoms with Gasteiger partial charge in [0.25, 0.3) is 0 Å². The Kier molecular flexibility index (Phi) is 10.6. The second-order valence-electron chi connectivity index (χ2n) is 4.64. The standard InChI is InChI=1S/C13H16F3N3O3.2ClH/c14-13(15,16)8-3-1-7(2-4-8)5-10(12(21)22)19-11(20)9(18)6-17;;/h1-4,9-10H,5-6,17-18H2,(H,19,20)(H,21,22);2*1H/t9-,10+;;/m1../s1. The van der Waals surface area contributed by atoms with Crippen LogP contribution in [0, 0.1) is 0 Å². The molecule has 1 aromatic carbocycles. The summed E-state index contributed by atoms with van der Waals surface area (Å²) in [5.41, 5.74) is 10.1. The van der Waals surface area contributed by atoms with Crippen LogP contribution in [0.1, 0.15) is 11.1 Å². The van der Waals surface area contributed by atoms with Crippen molar-refractivity contribution in [3.8, 4) is 0 Å². The van der Waals surface area contributed by atoms with Gasteiger partial charge in [-0.3, -0.25) is 4.79 Å². The van der Waals surface area contributed by atoms with Gasteiger partial charge in [0.1, 0.15) is 6.04 Å². The van der Waals surface area contributed by atoms with Gasteiger partial charge in [0.15, 0.2) is 0 Å². The van der Waals surface area contributed by atoms with Crippen molar-refractivity contribution >= 4 is 36.7 Å². The van der Waals surface area contributed by atoms with Crippen molar-refractivity contribution in [2.24, 2.45) is 11.5 Å². The minimum absolute atomic E-state index is 0. The zero-order valence-corrected chi connectivity index (χ0v) is 13.9. The van der Waals surface area contributed by atoms with E-state index >= 15 is 0 Å². The van der Waals surface area contributed by atoms with Gasteiger partial charge in [-0.05, 0) is 17.7 Å². The predicted octanol–water partition coefficient (Wildman–Crippen LogP) is 0.947. The molecule has 0 radical (unpaired) electrons. The molecule has 24 heavy (non-hydrogen) atoms. The first-order chi connectivity index (χ1) is 10.1. The first-order valence-electron chi connectivity index (χ1n) is 6.30. The van der Waals surface area contributed by atoms with E-state index in [-0.39, 0.29) is 37.8 Å². The second-order valence-corrected chi connectivity index (χ2v) is 4.64. The zero-order chi connectivity index (χ0) is 16.9. The molecule has 1 amide bonds. The van der Waals surface area contributed by atoms with Gasteiger partial charge in [-0.15, -0.1) is 24.8 Å². The lowest BCUT2D eigenvalue weighted by molar-refractivity contribution is -0.142. The number of hydrogen-bond donors (Lipinski definition) is 4. The van der Waals surface area contributed by atoms with Gasteiger partial charge in [-0.1, -0.05) is 12.1 Å². The van der Waals surface area contributed by atoms with Crippen molar-refractivity contribution in [3.05, 3.63) is 35.4 Å². The molecule has 6 N–H and O–H groups in total. The number of benzene rings is 1. The molecule has 0 aliphatic heterocycles. The number of carboxylic acids is 1. The van der Waals surface area contributed by atoms with Crippen LogP contribution in [0.3, 0.4) is 0 Å². The van der Waals surface area contributed by atoms with Crippen LogP contribution in [0.5, 0.6) is 0 Å². The Bertz CT molecular complexity index is 542. The number of nitrogens with one attached hydrogen (secondary N) is 1. The minimum Gasteiger partial charge on any atom is -0.480 e. The van der Waals surface area contributed by atoms with Crippen LogP contribution in [0.4, 0.5) is 13.2 Å². The number of nitrogens with two attached hydrogens (primary N) is 2. The van der Waals surface area contributed by atoms with Crippen molar-refractivity contribution in [1.82, 2.24) is 5.32 Å². The molecule has 1 aromatic rings. The van der Waals surface area contributed by atoms with Crippen molar-refractivity contribution in [3.63, 3.8) is 0 Å². The highest BCUT2D eigenvalue weighted by atomic mass is 35.5. The highest BCUT2D eigenvalue weighted by molar-refractivity contribution is 5.87. The summed E-state index contributed by atoms with van der Waals surface area (Å²) in [4.78, 5) is 22.6. The molecular weight excluding hydrogens is 374 g/mol. The molecule has 0 spiro atoms. The number of carbonyl (C=O) groups excluding carboxylic acids is 1. The average Bonchev–Trinajstić information content (AvgIpc) is 2.45. The molecule has 0 aliphatic carbocycles. The predicted molar refractivity (Wildman–Crippen MR) is 86.2 cm³/mol. The zero-order valence-electron chi connectivity index (χ0n) is 12.2. The van der Waals surface area contributed by atoms with Crippen LogP contribution in [0.15, 0.2) is 24.3 Å². The van der Waals surface area contributed by atoms with E-state index in [2.05, 4.69) is 5.32 Å². The molecule has 138 valence electrons. The van der Waals surface area contributed by atoms with Crippen LogP contribution in [0.25, 0.3) is 0 Å². The number of hydrogen-bond acceptors (Lipinski definition) is 4. The summed E-state index contributed by atoms with van der Waals surface area (Å²) >= 11 is 0. The molecular formula is C13H18Cl2F3N3O3. The van der Waals surface area contributed by atoms with E-state index < -0.39 is 35.7 Å². The second kappa shape index (κ2) is 10.3. The van der Waals surface area contributed by atoms with E-state index in [4.69, 9.17) is 16.6 Å². The number of carboxylic acid groups (broad SMARTS) is 1. The third-order valence-electron chi connectivity index (χ3n) is 2.93. The molecule has 0 aromatic heterocycles. The highest BCUT2D eigenvalue weighted by Gasteiger charge is 2.30. The third kappa shape index (κ3) is 7.35. The average molecular weight is 392 g/mol. The lowest BCUT2D eigenvalue weighted by atomic mass is 10.0. The number of halogens is 5. The first kappa shape index (κ1) is 24.7. The third-order valence-corrected chi connectivity index (χ3v) is 2.93. The first-order valence-corrected chi connectivity index (χ1v) is 6.30. The molecule has 0 saturated heterocycles. The highest BCUT2D eigenvalue weighted by Crippen LogP contribution is 2.29. The smallest absolute Gasteiger partial charge is 0.416 e. The maximum absolute atomic E-state index is 12.4. The van der Waals surface area contributed by atoms with E-state index in [1.165, 1.54) is 0 Å². The summed E-state index contributed by atoms with van der Waals surface area (Å²) < 4.78 is 37.3. The van der Waals surface area contributed by atoms with Gasteiger partial charge in [0.2, 0.25) is 5.91 Å². The molecule has 6 nitrogen and oxygen atoms in total. The normalized spacial score (nSPS) is 13.0. The number of aliphatic carboxylic acids is 1. The van der Waals surface area contributed by atoms with E-state index in [1.807, 2.05) is 0 Å². The summed E-state index contributed by atoms with van der Waals surface area (Å²) in [6.45, 7) is -0.154. The fraction of sp³-hybridized carbons (Fsp3) is 0.385. The number of alkyl halides is 3. The molecule has 0 fully saturated rings. The summed E-state index contributed by atoms with van der Waals surface area (Å²) in [5.74, 6) is -2.06. The topological polar surface area (TPSA) is 118 Å². The minimum atomic E-state index is -4.47. The molecule has 1 rings (SSSR count). The van der Waals surface area contributed by atoms with Crippen molar-refractivity contribution in [2.45, 2.75) is 24.7 Å². The van der Waals surface area contributed by atoms with Gasteiger partial charge in [-0.2, -0.15) is 13.2 Å². The fourth-order valence-electron chi connectivity index (χ4n) is 1.65. The van der Waals surface area contributed by atoms with E-state index in [1.54, 1.807) is 0 Å². The summed E-state index contributed by atoms with van der Waals surface area (Å²) in [7, 11) is 0. The Labute approximate surface area is 148 Å². The number of carbonyl (C=O) groups is 2. The van der Waals surface area contributed by atoms with Crippen molar-refractivity contribution in [1.29, 1.82) is 0 Å². The Morgan fingerprint density at radius 2 is 1.67 bits per heavy atom. The quantitative estimate of drug-likeness (QED) is 0.575. The molecule has 0 unspecified atom stereocenters. The Morgan fingerprint density at radius 1 is 1.17 bits per heavy atom. The summed E-state index contributed by atoms with van der Waals surface area (Å²) in [6.07, 6.45) is -4.64. The SMILES string of the molecule is Cl.Cl.NC[C@@H](N)C(=O)N[C@@H](Cc1ccc(C(F)(F)F)cc1)C(=O)O. The van der Waals surface area contributed by atoms with Gasteiger partial charge in [0, 0.05) is 13.0 Å². The fourth-order valence-corrected chi connectivity index (χ4v) is 1.65. The van der Waals surface area contributed by atoms with E-state index in [0.29, 0.717) is 5.56 Å². The van der Waals surface area contributed by atoms with Gasteiger partial charge in [0.05, 0.1) is 11.6 Å². The van der Waals surface area contributed by atoms with E-state index in [0.717, 1.165) is 24.3 Å². The summed E-state index contributed by atoms with van der Waals surface area (Å²) in [6, 6.07) is 1.67. The molecule has 0 bridgehead atoms. The van der Waals surface area contributed by atoms with Crippen LogP contribution in [0.2, 0.25) is 0 Å². The monoisotopic (exact) mass is 391 g/mol. The van der Waals surface area contributed by atoms with Crippen LogP contribution in [-0.2, 0) is 22.2 Å². The molecule has 0 heterocycles. The molecule has 11 heteroatoms. The molecule has 0 aliphatic rings. The lowest BCUT2D eigenvalue weighted by Crippen LogP contribution is -2.51. The van der Waals surface area contributed by atoms with Crippen molar-refractivity contribution in [2.75, 3.05) is 6.54 Å². The Hall–Kier alpha value is -1.55. The largest absolute Gasteiger partial charge is 0.480 e. The van der Waals surface area contributed by atoms with Gasteiger partial charge < -0.3 is 21.9 Å². The maximum atomic E-state index is 12.4. The Balaban J connectivity index is 0. The van der Waals surface area contributed by atoms with Crippen LogP contribution in [-0.4, -0.2) is 35.6 Å². The lowest BCUT2D eigenvalue weighted by Gasteiger charge is -2.17. The van der Waals surface area contributed by atoms with Gasteiger partial charge >= 0.3 is 12.1 Å². The maximum Gasteiger partial charge on any atom is 0.416 e. The van der Waals surface area contributed by atoms with Crippen LogP contribution < -0.4 is 16.8 Å². The molecule has 2 atom stereocenters. The summed E-state index contributed by atoms with van der Waals surface area (Å²) in [5, 5.41) is 11.2. The van der Waals surface area contributed by atoms with E-state index in [9.17, 15) is 22.8 Å².